The van der Waals surface area contributed by atoms with E-state index in [2.05, 4.69) is 21.2 Å². The molecule has 0 unspecified atom stereocenters. The standard InChI is InChI=1S/C14H12BrNO3/c1-14(6-12(17)16-13(18)7-14)11-5-8-4-9(15)2-3-10(8)19-11/h2-5H,6-7H2,1H3,(H,16,17,18). The molecule has 0 bridgehead atoms. The van der Waals surface area contributed by atoms with Crippen LogP contribution in [0.15, 0.2) is 33.2 Å². The van der Waals surface area contributed by atoms with Crippen molar-refractivity contribution in [3.05, 3.63) is 34.5 Å². The highest BCUT2D eigenvalue weighted by Crippen LogP contribution is 2.37. The lowest BCUT2D eigenvalue weighted by Crippen LogP contribution is -2.45. The third kappa shape index (κ3) is 2.18. The second kappa shape index (κ2) is 4.20. The smallest absolute Gasteiger partial charge is 0.227 e. The van der Waals surface area contributed by atoms with E-state index in [1.807, 2.05) is 31.2 Å². The average Bonchev–Trinajstić information content (AvgIpc) is 2.70. The van der Waals surface area contributed by atoms with E-state index in [9.17, 15) is 9.59 Å². The van der Waals surface area contributed by atoms with Gasteiger partial charge < -0.3 is 4.42 Å². The Hall–Kier alpha value is -1.62. The molecule has 4 nitrogen and oxygen atoms in total. The first-order valence-corrected chi connectivity index (χ1v) is 6.78. The minimum atomic E-state index is -0.565. The summed E-state index contributed by atoms with van der Waals surface area (Å²) >= 11 is 3.41. The average molecular weight is 322 g/mol. The zero-order valence-electron chi connectivity index (χ0n) is 10.3. The third-order valence-corrected chi connectivity index (χ3v) is 3.95. The normalized spacial score (nSPS) is 18.6. The highest BCUT2D eigenvalue weighted by Gasteiger charge is 2.39. The van der Waals surface area contributed by atoms with Gasteiger partial charge in [-0.25, -0.2) is 0 Å². The zero-order chi connectivity index (χ0) is 13.6. The number of fused-ring (bicyclic) bond motifs is 1. The molecular weight excluding hydrogens is 310 g/mol. The van der Waals surface area contributed by atoms with E-state index in [4.69, 9.17) is 4.42 Å². The summed E-state index contributed by atoms with van der Waals surface area (Å²) < 4.78 is 6.78. The van der Waals surface area contributed by atoms with Crippen LogP contribution in [0, 0.1) is 0 Å². The topological polar surface area (TPSA) is 59.3 Å². The Morgan fingerprint density at radius 1 is 1.21 bits per heavy atom. The molecule has 2 aromatic rings. The van der Waals surface area contributed by atoms with Crippen LogP contribution in [-0.2, 0) is 15.0 Å². The summed E-state index contributed by atoms with van der Waals surface area (Å²) in [4.78, 5) is 23.1. The predicted octanol–water partition coefficient (Wildman–Crippen LogP) is 2.89. The summed E-state index contributed by atoms with van der Waals surface area (Å²) in [6.07, 6.45) is 0.527. The first-order chi connectivity index (χ1) is 8.96. The molecule has 1 aliphatic rings. The maximum atomic E-state index is 11.6. The molecule has 1 saturated heterocycles. The van der Waals surface area contributed by atoms with Crippen LogP contribution in [0.25, 0.3) is 11.0 Å². The molecule has 1 aliphatic heterocycles. The van der Waals surface area contributed by atoms with Crippen LogP contribution in [-0.4, -0.2) is 11.8 Å². The Balaban J connectivity index is 2.07. The summed E-state index contributed by atoms with van der Waals surface area (Å²) in [6.45, 7) is 1.89. The molecule has 0 aliphatic carbocycles. The maximum Gasteiger partial charge on any atom is 0.227 e. The van der Waals surface area contributed by atoms with E-state index in [1.54, 1.807) is 0 Å². The number of benzene rings is 1. The quantitative estimate of drug-likeness (QED) is 0.821. The molecule has 1 aromatic heterocycles. The first-order valence-electron chi connectivity index (χ1n) is 5.99. The Kier molecular flexibility index (Phi) is 2.74. The lowest BCUT2D eigenvalue weighted by atomic mass is 9.78. The highest BCUT2D eigenvalue weighted by atomic mass is 79.9. The summed E-state index contributed by atoms with van der Waals surface area (Å²) in [5.41, 5.74) is 0.197. The number of imide groups is 1. The molecule has 0 atom stereocenters. The number of furan rings is 1. The minimum absolute atomic E-state index is 0.250. The van der Waals surface area contributed by atoms with Gasteiger partial charge in [0.1, 0.15) is 11.3 Å². The van der Waals surface area contributed by atoms with Gasteiger partial charge in [-0.05, 0) is 24.3 Å². The molecule has 1 aromatic carbocycles. The van der Waals surface area contributed by atoms with Gasteiger partial charge in [0.05, 0.1) is 0 Å². The number of piperidine rings is 1. The molecule has 2 heterocycles. The molecular formula is C14H12BrNO3. The molecule has 19 heavy (non-hydrogen) atoms. The van der Waals surface area contributed by atoms with Gasteiger partial charge in [0.15, 0.2) is 0 Å². The number of carbonyl (C=O) groups excluding carboxylic acids is 2. The molecule has 0 radical (unpaired) electrons. The Morgan fingerprint density at radius 3 is 2.58 bits per heavy atom. The third-order valence-electron chi connectivity index (χ3n) is 3.45. The van der Waals surface area contributed by atoms with Crippen molar-refractivity contribution in [1.82, 2.24) is 5.32 Å². The van der Waals surface area contributed by atoms with Crippen LogP contribution in [0.2, 0.25) is 0 Å². The number of rotatable bonds is 1. The summed E-state index contributed by atoms with van der Waals surface area (Å²) in [5, 5.41) is 3.28. The van der Waals surface area contributed by atoms with Gasteiger partial charge >= 0.3 is 0 Å². The van der Waals surface area contributed by atoms with E-state index in [0.29, 0.717) is 5.76 Å². The van der Waals surface area contributed by atoms with Crippen LogP contribution in [0.4, 0.5) is 0 Å². The second-order valence-electron chi connectivity index (χ2n) is 5.18. The maximum absolute atomic E-state index is 11.6. The van der Waals surface area contributed by atoms with Gasteiger partial charge in [-0.1, -0.05) is 22.9 Å². The number of carbonyl (C=O) groups is 2. The van der Waals surface area contributed by atoms with Crippen molar-refractivity contribution in [1.29, 1.82) is 0 Å². The van der Waals surface area contributed by atoms with Crippen molar-refractivity contribution in [3.8, 4) is 0 Å². The second-order valence-corrected chi connectivity index (χ2v) is 6.09. The largest absolute Gasteiger partial charge is 0.460 e. The summed E-state index contributed by atoms with van der Waals surface area (Å²) in [6, 6.07) is 7.63. The van der Waals surface area contributed by atoms with Crippen LogP contribution in [0.5, 0.6) is 0 Å². The lowest BCUT2D eigenvalue weighted by Gasteiger charge is -2.29. The predicted molar refractivity (Wildman–Crippen MR) is 73.6 cm³/mol. The summed E-state index contributed by atoms with van der Waals surface area (Å²) in [7, 11) is 0. The summed E-state index contributed by atoms with van der Waals surface area (Å²) in [5.74, 6) is 0.185. The molecule has 0 spiro atoms. The van der Waals surface area contributed by atoms with Crippen LogP contribution < -0.4 is 5.32 Å². The Labute approximate surface area is 118 Å². The number of halogens is 1. The molecule has 5 heteroatoms. The van der Waals surface area contributed by atoms with Crippen molar-refractivity contribution in [2.45, 2.75) is 25.2 Å². The fraction of sp³-hybridized carbons (Fsp3) is 0.286. The number of hydrogen-bond acceptors (Lipinski definition) is 3. The first kappa shape index (κ1) is 12.4. The number of amides is 2. The van der Waals surface area contributed by atoms with Gasteiger partial charge in [-0.15, -0.1) is 0 Å². The molecule has 3 rings (SSSR count). The van der Waals surface area contributed by atoms with Crippen LogP contribution in [0.1, 0.15) is 25.5 Å². The van der Waals surface area contributed by atoms with Gasteiger partial charge in [0.25, 0.3) is 0 Å². The van der Waals surface area contributed by atoms with E-state index in [1.165, 1.54) is 0 Å². The Bertz CT molecular complexity index is 673. The van der Waals surface area contributed by atoms with Crippen molar-refractivity contribution < 1.29 is 14.0 Å². The lowest BCUT2D eigenvalue weighted by molar-refractivity contribution is -0.135. The molecule has 2 amide bonds. The van der Waals surface area contributed by atoms with E-state index < -0.39 is 5.41 Å². The van der Waals surface area contributed by atoms with Crippen LogP contribution >= 0.6 is 15.9 Å². The van der Waals surface area contributed by atoms with Gasteiger partial charge in [-0.3, -0.25) is 14.9 Å². The minimum Gasteiger partial charge on any atom is -0.460 e. The fourth-order valence-corrected chi connectivity index (χ4v) is 2.88. The fourth-order valence-electron chi connectivity index (χ4n) is 2.50. The number of nitrogens with one attached hydrogen (secondary N) is 1. The molecule has 0 saturated carbocycles. The van der Waals surface area contributed by atoms with Gasteiger partial charge in [0, 0.05) is 28.1 Å². The van der Waals surface area contributed by atoms with Crippen molar-refractivity contribution in [3.63, 3.8) is 0 Å². The SMILES string of the molecule is CC1(c2cc3cc(Br)ccc3o2)CC(=O)NC(=O)C1. The monoisotopic (exact) mass is 321 g/mol. The van der Waals surface area contributed by atoms with E-state index in [0.717, 1.165) is 15.4 Å². The van der Waals surface area contributed by atoms with Gasteiger partial charge in [-0.2, -0.15) is 0 Å². The molecule has 98 valence electrons. The molecule has 1 fully saturated rings. The van der Waals surface area contributed by atoms with Crippen LogP contribution in [0.3, 0.4) is 0 Å². The Morgan fingerprint density at radius 2 is 1.89 bits per heavy atom. The van der Waals surface area contributed by atoms with Crippen molar-refractivity contribution in [2.24, 2.45) is 0 Å². The zero-order valence-corrected chi connectivity index (χ0v) is 11.9. The molecule has 1 N–H and O–H groups in total. The van der Waals surface area contributed by atoms with Crippen molar-refractivity contribution >= 4 is 38.7 Å². The highest BCUT2D eigenvalue weighted by molar-refractivity contribution is 9.10. The van der Waals surface area contributed by atoms with E-state index in [-0.39, 0.29) is 24.7 Å². The van der Waals surface area contributed by atoms with Crippen molar-refractivity contribution in [2.75, 3.05) is 0 Å². The van der Waals surface area contributed by atoms with Gasteiger partial charge in [0.2, 0.25) is 11.8 Å². The number of hydrogen-bond donors (Lipinski definition) is 1. The van der Waals surface area contributed by atoms with E-state index >= 15 is 0 Å².